The number of hydrogen-bond acceptors (Lipinski definition) is 2. The van der Waals surface area contributed by atoms with E-state index in [2.05, 4.69) is 48.4 Å². The minimum Gasteiger partial charge on any atom is -0.304 e. The molecule has 0 aliphatic carbocycles. The van der Waals surface area contributed by atoms with Crippen molar-refractivity contribution in [1.29, 1.82) is 0 Å². The van der Waals surface area contributed by atoms with Crippen molar-refractivity contribution in [3.63, 3.8) is 0 Å². The van der Waals surface area contributed by atoms with Crippen molar-refractivity contribution < 1.29 is 0 Å². The highest BCUT2D eigenvalue weighted by Gasteiger charge is 2.41. The maximum atomic E-state index is 6.11. The summed E-state index contributed by atoms with van der Waals surface area (Å²) < 4.78 is 0. The zero-order chi connectivity index (χ0) is 14.2. The summed E-state index contributed by atoms with van der Waals surface area (Å²) in [5, 5.41) is 4.54. The average molecular weight is 360 g/mol. The Kier molecular flexibility index (Phi) is 6.69. The van der Waals surface area contributed by atoms with E-state index in [4.69, 9.17) is 11.6 Å². The Morgan fingerprint density at radius 3 is 2.41 bits per heavy atom. The monoisotopic (exact) mass is 358 g/mol. The van der Waals surface area contributed by atoms with E-state index in [1.807, 2.05) is 24.5 Å². The molecule has 120 valence electrons. The maximum absolute atomic E-state index is 6.11. The highest BCUT2D eigenvalue weighted by atomic mass is 35.5. The molecule has 0 saturated carbocycles. The number of rotatable bonds is 2. The minimum atomic E-state index is 0. The summed E-state index contributed by atoms with van der Waals surface area (Å²) in [5.74, 6) is 0.481. The second-order valence-electron chi connectivity index (χ2n) is 6.04. The number of aromatic nitrogens is 1. The van der Waals surface area contributed by atoms with Gasteiger partial charge in [-0.05, 0) is 55.7 Å². The standard InChI is InChI=1S/C17H19ClN2.2ClH/c1-17(2)15(12-6-8-19-9-7-12)11-16(20-17)13-4-3-5-14(18)10-13;;/h3-10,15-16,20H,11H2,1-2H3;2*1H/t15-,16+;;/m0../s1. The van der Waals surface area contributed by atoms with Crippen LogP contribution in [0.15, 0.2) is 48.8 Å². The summed E-state index contributed by atoms with van der Waals surface area (Å²) in [7, 11) is 0. The van der Waals surface area contributed by atoms with Gasteiger partial charge in [-0.3, -0.25) is 4.98 Å². The molecule has 0 amide bonds. The zero-order valence-corrected chi connectivity index (χ0v) is 15.0. The number of nitrogens with zero attached hydrogens (tertiary/aromatic N) is 1. The van der Waals surface area contributed by atoms with Crippen LogP contribution in [-0.2, 0) is 0 Å². The van der Waals surface area contributed by atoms with Crippen molar-refractivity contribution in [1.82, 2.24) is 10.3 Å². The third kappa shape index (κ3) is 3.94. The molecule has 0 bridgehead atoms. The van der Waals surface area contributed by atoms with Gasteiger partial charge in [0, 0.05) is 34.9 Å². The van der Waals surface area contributed by atoms with Crippen LogP contribution in [0, 0.1) is 0 Å². The Hall–Kier alpha value is -0.800. The molecule has 1 fully saturated rings. The van der Waals surface area contributed by atoms with E-state index in [1.165, 1.54) is 11.1 Å². The van der Waals surface area contributed by atoms with Crippen LogP contribution in [0.5, 0.6) is 0 Å². The molecule has 1 aromatic carbocycles. The van der Waals surface area contributed by atoms with Gasteiger partial charge >= 0.3 is 0 Å². The predicted molar refractivity (Wildman–Crippen MR) is 97.5 cm³/mol. The second-order valence-corrected chi connectivity index (χ2v) is 6.48. The lowest BCUT2D eigenvalue weighted by atomic mass is 9.83. The van der Waals surface area contributed by atoms with Crippen LogP contribution < -0.4 is 5.32 Å². The van der Waals surface area contributed by atoms with Gasteiger partial charge in [-0.2, -0.15) is 0 Å². The summed E-state index contributed by atoms with van der Waals surface area (Å²) in [6.07, 6.45) is 4.83. The Labute approximate surface area is 149 Å². The SMILES string of the molecule is CC1(C)N[C@@H](c2cccc(Cl)c2)C[C@H]1c1ccncc1.Cl.Cl. The summed E-state index contributed by atoms with van der Waals surface area (Å²) >= 11 is 6.11. The summed E-state index contributed by atoms with van der Waals surface area (Å²) in [6.45, 7) is 4.53. The summed E-state index contributed by atoms with van der Waals surface area (Å²) in [4.78, 5) is 4.12. The molecule has 2 heterocycles. The normalized spacial score (nSPS) is 22.5. The number of benzene rings is 1. The summed E-state index contributed by atoms with van der Waals surface area (Å²) in [5.41, 5.74) is 2.68. The van der Waals surface area contributed by atoms with Gasteiger partial charge in [-0.15, -0.1) is 24.8 Å². The van der Waals surface area contributed by atoms with Crippen molar-refractivity contribution in [2.24, 2.45) is 0 Å². The fraction of sp³-hybridized carbons (Fsp3) is 0.353. The molecule has 1 aliphatic rings. The molecule has 2 aromatic rings. The third-order valence-electron chi connectivity index (χ3n) is 4.25. The van der Waals surface area contributed by atoms with Crippen LogP contribution in [-0.4, -0.2) is 10.5 Å². The largest absolute Gasteiger partial charge is 0.304 e. The first-order chi connectivity index (χ1) is 9.56. The molecule has 1 saturated heterocycles. The summed E-state index contributed by atoms with van der Waals surface area (Å²) in [6, 6.07) is 12.7. The number of halogens is 3. The topological polar surface area (TPSA) is 24.9 Å². The van der Waals surface area contributed by atoms with Gasteiger partial charge < -0.3 is 5.32 Å². The van der Waals surface area contributed by atoms with Gasteiger partial charge in [0.25, 0.3) is 0 Å². The van der Waals surface area contributed by atoms with Crippen molar-refractivity contribution in [3.05, 3.63) is 64.9 Å². The molecule has 2 atom stereocenters. The fourth-order valence-corrected chi connectivity index (χ4v) is 3.43. The molecule has 1 aromatic heterocycles. The molecular formula is C17H21Cl3N2. The molecule has 0 unspecified atom stereocenters. The van der Waals surface area contributed by atoms with E-state index in [0.29, 0.717) is 12.0 Å². The molecule has 1 N–H and O–H groups in total. The molecule has 5 heteroatoms. The number of hydrogen-bond donors (Lipinski definition) is 1. The first kappa shape index (κ1) is 19.2. The Morgan fingerprint density at radius 2 is 1.77 bits per heavy atom. The van der Waals surface area contributed by atoms with Gasteiger partial charge in [0.1, 0.15) is 0 Å². The van der Waals surface area contributed by atoms with Crippen molar-refractivity contribution in [3.8, 4) is 0 Å². The van der Waals surface area contributed by atoms with Crippen LogP contribution in [0.4, 0.5) is 0 Å². The van der Waals surface area contributed by atoms with E-state index >= 15 is 0 Å². The van der Waals surface area contributed by atoms with Crippen LogP contribution in [0.25, 0.3) is 0 Å². The lowest BCUT2D eigenvalue weighted by molar-refractivity contribution is 0.397. The number of nitrogens with one attached hydrogen (secondary N) is 1. The lowest BCUT2D eigenvalue weighted by Crippen LogP contribution is -2.37. The third-order valence-corrected chi connectivity index (χ3v) is 4.48. The molecule has 2 nitrogen and oxygen atoms in total. The van der Waals surface area contributed by atoms with Crippen LogP contribution in [0.2, 0.25) is 5.02 Å². The van der Waals surface area contributed by atoms with Crippen molar-refractivity contribution in [2.75, 3.05) is 0 Å². The molecule has 0 spiro atoms. The van der Waals surface area contributed by atoms with Gasteiger partial charge in [-0.25, -0.2) is 0 Å². The Bertz CT molecular complexity index is 602. The van der Waals surface area contributed by atoms with Gasteiger partial charge in [0.15, 0.2) is 0 Å². The van der Waals surface area contributed by atoms with Crippen LogP contribution in [0.3, 0.4) is 0 Å². The van der Waals surface area contributed by atoms with Crippen LogP contribution >= 0.6 is 36.4 Å². The first-order valence-electron chi connectivity index (χ1n) is 6.99. The predicted octanol–water partition coefficient (Wildman–Crippen LogP) is 5.18. The van der Waals surface area contributed by atoms with Crippen molar-refractivity contribution in [2.45, 2.75) is 37.8 Å². The van der Waals surface area contributed by atoms with Gasteiger partial charge in [0.2, 0.25) is 0 Å². The molecule has 1 aliphatic heterocycles. The maximum Gasteiger partial charge on any atom is 0.0409 e. The molecule has 3 rings (SSSR count). The van der Waals surface area contributed by atoms with Crippen LogP contribution in [0.1, 0.15) is 43.4 Å². The van der Waals surface area contributed by atoms with Crippen molar-refractivity contribution >= 4 is 36.4 Å². The highest BCUT2D eigenvalue weighted by molar-refractivity contribution is 6.30. The molecular weight excluding hydrogens is 339 g/mol. The van der Waals surface area contributed by atoms with E-state index < -0.39 is 0 Å². The second kappa shape index (κ2) is 7.65. The first-order valence-corrected chi connectivity index (χ1v) is 7.37. The van der Waals surface area contributed by atoms with E-state index in [1.54, 1.807) is 0 Å². The smallest absolute Gasteiger partial charge is 0.0409 e. The number of pyridine rings is 1. The van der Waals surface area contributed by atoms with E-state index in [9.17, 15) is 0 Å². The Morgan fingerprint density at radius 1 is 1.09 bits per heavy atom. The average Bonchev–Trinajstić information content (AvgIpc) is 2.76. The quantitative estimate of drug-likeness (QED) is 0.799. The zero-order valence-electron chi connectivity index (χ0n) is 12.6. The fourth-order valence-electron chi connectivity index (χ4n) is 3.23. The van der Waals surface area contributed by atoms with E-state index in [0.717, 1.165) is 11.4 Å². The molecule has 0 radical (unpaired) electrons. The lowest BCUT2D eigenvalue weighted by Gasteiger charge is -2.27. The molecule has 22 heavy (non-hydrogen) atoms. The van der Waals surface area contributed by atoms with E-state index in [-0.39, 0.29) is 30.4 Å². The van der Waals surface area contributed by atoms with Gasteiger partial charge in [0.05, 0.1) is 0 Å². The highest BCUT2D eigenvalue weighted by Crippen LogP contribution is 2.43. The van der Waals surface area contributed by atoms with Gasteiger partial charge in [-0.1, -0.05) is 23.7 Å². The Balaban J connectivity index is 0.00000121. The minimum absolute atomic E-state index is 0.